The first-order chi connectivity index (χ1) is 7.97. The molecule has 0 radical (unpaired) electrons. The first kappa shape index (κ1) is 10.4. The van der Waals surface area contributed by atoms with Crippen LogP contribution in [0.2, 0.25) is 0 Å². The molecule has 1 amide bonds. The van der Waals surface area contributed by atoms with Crippen molar-refractivity contribution in [1.82, 2.24) is 4.90 Å². The summed E-state index contributed by atoms with van der Waals surface area (Å²) in [6.07, 6.45) is 0. The van der Waals surface area contributed by atoms with Crippen molar-refractivity contribution in [1.29, 1.82) is 0 Å². The molecule has 0 saturated heterocycles. The fourth-order valence-electron chi connectivity index (χ4n) is 2.24. The van der Waals surface area contributed by atoms with Crippen molar-refractivity contribution in [2.24, 2.45) is 0 Å². The van der Waals surface area contributed by atoms with E-state index >= 15 is 0 Å². The van der Waals surface area contributed by atoms with Gasteiger partial charge in [-0.3, -0.25) is 4.79 Å². The molecular weight excluding hydrogens is 218 g/mol. The van der Waals surface area contributed by atoms with Gasteiger partial charge in [0.1, 0.15) is 0 Å². The van der Waals surface area contributed by atoms with Gasteiger partial charge < -0.3 is 14.4 Å². The lowest BCUT2D eigenvalue weighted by atomic mass is 10.1. The molecule has 2 aliphatic heterocycles. The standard InChI is InChI=1S/C13H15NO3/c1-13(2,3)14-6-8-4-10-11(17-7-16-10)5-9(8)12(14)15/h4-5H,6-7H2,1-3H3. The molecule has 4 heteroatoms. The Morgan fingerprint density at radius 3 is 2.47 bits per heavy atom. The Balaban J connectivity index is 2.04. The molecule has 1 aromatic rings. The van der Waals surface area contributed by atoms with Gasteiger partial charge >= 0.3 is 0 Å². The van der Waals surface area contributed by atoms with Gasteiger partial charge in [0.2, 0.25) is 6.79 Å². The number of ether oxygens (including phenoxy) is 2. The number of hydrogen-bond donors (Lipinski definition) is 0. The Labute approximate surface area is 100 Å². The van der Waals surface area contributed by atoms with Crippen LogP contribution in [-0.4, -0.2) is 23.1 Å². The highest BCUT2D eigenvalue weighted by Crippen LogP contribution is 2.39. The fourth-order valence-corrected chi connectivity index (χ4v) is 2.24. The van der Waals surface area contributed by atoms with Crippen molar-refractivity contribution in [3.05, 3.63) is 23.3 Å². The molecule has 3 rings (SSSR count). The van der Waals surface area contributed by atoms with Crippen LogP contribution in [0, 0.1) is 0 Å². The number of benzene rings is 1. The third-order valence-electron chi connectivity index (χ3n) is 3.21. The summed E-state index contributed by atoms with van der Waals surface area (Å²) in [5.41, 5.74) is 1.60. The Morgan fingerprint density at radius 1 is 1.18 bits per heavy atom. The maximum Gasteiger partial charge on any atom is 0.255 e. The molecule has 0 unspecified atom stereocenters. The predicted molar refractivity (Wildman–Crippen MR) is 62.2 cm³/mol. The smallest absolute Gasteiger partial charge is 0.255 e. The fraction of sp³-hybridized carbons (Fsp3) is 0.462. The van der Waals surface area contributed by atoms with Crippen LogP contribution in [0.1, 0.15) is 36.7 Å². The van der Waals surface area contributed by atoms with Crippen LogP contribution in [0.25, 0.3) is 0 Å². The third kappa shape index (κ3) is 1.47. The summed E-state index contributed by atoms with van der Waals surface area (Å²) in [6.45, 7) is 7.01. The highest BCUT2D eigenvalue weighted by molar-refractivity contribution is 5.99. The predicted octanol–water partition coefficient (Wildman–Crippen LogP) is 2.17. The molecule has 90 valence electrons. The zero-order valence-electron chi connectivity index (χ0n) is 10.2. The minimum Gasteiger partial charge on any atom is -0.454 e. The second-order valence-corrected chi connectivity index (χ2v) is 5.42. The van der Waals surface area contributed by atoms with Crippen molar-refractivity contribution in [2.45, 2.75) is 32.9 Å². The lowest BCUT2D eigenvalue weighted by Gasteiger charge is -2.31. The van der Waals surface area contributed by atoms with Gasteiger partial charge in [-0.25, -0.2) is 0 Å². The molecule has 0 saturated carbocycles. The maximum atomic E-state index is 12.3. The Morgan fingerprint density at radius 2 is 1.82 bits per heavy atom. The molecule has 17 heavy (non-hydrogen) atoms. The summed E-state index contributed by atoms with van der Waals surface area (Å²) >= 11 is 0. The number of nitrogens with zero attached hydrogens (tertiary/aromatic N) is 1. The van der Waals surface area contributed by atoms with Crippen LogP contribution in [-0.2, 0) is 6.54 Å². The highest BCUT2D eigenvalue weighted by atomic mass is 16.7. The molecule has 1 aromatic carbocycles. The van der Waals surface area contributed by atoms with Crippen LogP contribution in [0.5, 0.6) is 11.5 Å². The number of rotatable bonds is 0. The van der Waals surface area contributed by atoms with E-state index in [1.807, 2.05) is 31.7 Å². The molecule has 0 bridgehead atoms. The summed E-state index contributed by atoms with van der Waals surface area (Å²) < 4.78 is 10.6. The van der Waals surface area contributed by atoms with Gasteiger partial charge in [-0.1, -0.05) is 0 Å². The van der Waals surface area contributed by atoms with Crippen molar-refractivity contribution in [2.75, 3.05) is 6.79 Å². The average Bonchev–Trinajstić information content (AvgIpc) is 2.79. The summed E-state index contributed by atoms with van der Waals surface area (Å²) in [4.78, 5) is 14.1. The highest BCUT2D eigenvalue weighted by Gasteiger charge is 2.36. The van der Waals surface area contributed by atoms with Crippen molar-refractivity contribution in [3.63, 3.8) is 0 Å². The van der Waals surface area contributed by atoms with E-state index in [-0.39, 0.29) is 18.2 Å². The van der Waals surface area contributed by atoms with Gasteiger partial charge in [0.05, 0.1) is 0 Å². The summed E-state index contributed by atoms with van der Waals surface area (Å²) in [7, 11) is 0. The number of carbonyl (C=O) groups is 1. The number of fused-ring (bicyclic) bond motifs is 2. The molecule has 0 atom stereocenters. The molecular formula is C13H15NO3. The molecule has 4 nitrogen and oxygen atoms in total. The van der Waals surface area contributed by atoms with Crippen LogP contribution < -0.4 is 9.47 Å². The summed E-state index contributed by atoms with van der Waals surface area (Å²) in [6, 6.07) is 3.72. The van der Waals surface area contributed by atoms with Crippen LogP contribution in [0.15, 0.2) is 12.1 Å². The van der Waals surface area contributed by atoms with E-state index < -0.39 is 0 Å². The van der Waals surface area contributed by atoms with E-state index in [1.54, 1.807) is 6.07 Å². The zero-order valence-corrected chi connectivity index (χ0v) is 10.2. The number of carbonyl (C=O) groups excluding carboxylic acids is 1. The maximum absolute atomic E-state index is 12.3. The average molecular weight is 233 g/mol. The second-order valence-electron chi connectivity index (χ2n) is 5.42. The minimum atomic E-state index is -0.164. The number of hydrogen-bond acceptors (Lipinski definition) is 3. The van der Waals surface area contributed by atoms with E-state index in [1.165, 1.54) is 0 Å². The van der Waals surface area contributed by atoms with E-state index in [0.29, 0.717) is 12.3 Å². The monoisotopic (exact) mass is 233 g/mol. The Kier molecular flexibility index (Phi) is 1.94. The van der Waals surface area contributed by atoms with Gasteiger partial charge in [0.25, 0.3) is 5.91 Å². The van der Waals surface area contributed by atoms with E-state index in [0.717, 1.165) is 16.9 Å². The normalized spacial score (nSPS) is 17.6. The van der Waals surface area contributed by atoms with E-state index in [9.17, 15) is 4.79 Å². The minimum absolute atomic E-state index is 0.0748. The topological polar surface area (TPSA) is 38.8 Å². The van der Waals surface area contributed by atoms with Gasteiger partial charge in [-0.15, -0.1) is 0 Å². The first-order valence-electron chi connectivity index (χ1n) is 5.71. The molecule has 0 fully saturated rings. The Bertz CT molecular complexity index is 502. The number of amides is 1. The SMILES string of the molecule is CC(C)(C)N1Cc2cc3c(cc2C1=O)OCO3. The van der Waals surface area contributed by atoms with Crippen LogP contribution in [0.3, 0.4) is 0 Å². The Hall–Kier alpha value is -1.71. The van der Waals surface area contributed by atoms with Crippen LogP contribution >= 0.6 is 0 Å². The molecule has 2 aliphatic rings. The van der Waals surface area contributed by atoms with Crippen molar-refractivity contribution in [3.8, 4) is 11.5 Å². The molecule has 2 heterocycles. The molecule has 0 spiro atoms. The van der Waals surface area contributed by atoms with Crippen LogP contribution in [0.4, 0.5) is 0 Å². The third-order valence-corrected chi connectivity index (χ3v) is 3.21. The van der Waals surface area contributed by atoms with Gasteiger partial charge in [-0.05, 0) is 38.5 Å². The quantitative estimate of drug-likeness (QED) is 0.689. The molecule has 0 N–H and O–H groups in total. The zero-order chi connectivity index (χ0) is 12.2. The van der Waals surface area contributed by atoms with E-state index in [4.69, 9.17) is 9.47 Å². The molecule has 0 aliphatic carbocycles. The van der Waals surface area contributed by atoms with E-state index in [2.05, 4.69) is 0 Å². The lowest BCUT2D eigenvalue weighted by Crippen LogP contribution is -2.41. The van der Waals surface area contributed by atoms with Crippen molar-refractivity contribution < 1.29 is 14.3 Å². The first-order valence-corrected chi connectivity index (χ1v) is 5.71. The summed E-state index contributed by atoms with van der Waals surface area (Å²) in [5.74, 6) is 1.49. The molecule has 0 aromatic heterocycles. The van der Waals surface area contributed by atoms with Crippen molar-refractivity contribution >= 4 is 5.91 Å². The summed E-state index contributed by atoms with van der Waals surface area (Å²) in [5, 5.41) is 0. The van der Waals surface area contributed by atoms with Gasteiger partial charge in [0.15, 0.2) is 11.5 Å². The van der Waals surface area contributed by atoms with Gasteiger partial charge in [0, 0.05) is 17.6 Å². The van der Waals surface area contributed by atoms with Gasteiger partial charge in [-0.2, -0.15) is 0 Å². The largest absolute Gasteiger partial charge is 0.454 e. The second kappa shape index (κ2) is 3.15. The lowest BCUT2D eigenvalue weighted by molar-refractivity contribution is 0.0609.